The summed E-state index contributed by atoms with van der Waals surface area (Å²) in [6, 6.07) is 8.26. The fourth-order valence-corrected chi connectivity index (χ4v) is 2.71. The molecule has 3 rings (SSSR count). The third-order valence-corrected chi connectivity index (χ3v) is 3.83. The number of aromatic nitrogens is 1. The number of hydrogen-bond acceptors (Lipinski definition) is 4. The molecule has 1 unspecified atom stereocenters. The van der Waals surface area contributed by atoms with Crippen LogP contribution in [0.1, 0.15) is 65.9 Å². The molecule has 0 fully saturated rings. The Hall–Kier alpha value is -2.10. The second-order valence-electron chi connectivity index (χ2n) is 5.60. The molecule has 1 atom stereocenters. The Labute approximate surface area is 124 Å². The number of carbonyl (C=O) groups excluding carboxylic acids is 1. The van der Waals surface area contributed by atoms with Crippen molar-refractivity contribution in [3.05, 3.63) is 52.7 Å². The lowest BCUT2D eigenvalue weighted by molar-refractivity contribution is 0.0485. The van der Waals surface area contributed by atoms with Gasteiger partial charge in [0.05, 0.1) is 18.2 Å². The minimum absolute atomic E-state index is 0.122. The van der Waals surface area contributed by atoms with Crippen molar-refractivity contribution in [2.75, 3.05) is 6.61 Å². The number of oxazole rings is 1. The lowest BCUT2D eigenvalue weighted by Gasteiger charge is -2.27. The molecule has 4 heteroatoms. The van der Waals surface area contributed by atoms with Gasteiger partial charge < -0.3 is 9.15 Å². The highest BCUT2D eigenvalue weighted by Crippen LogP contribution is 2.40. The molecule has 1 aromatic heterocycles. The molecule has 0 aliphatic heterocycles. The number of fused-ring (bicyclic) bond motifs is 1. The average Bonchev–Trinajstić information content (AvgIpc) is 2.85. The Bertz CT molecular complexity index is 672. The zero-order chi connectivity index (χ0) is 15.0. The Kier molecular flexibility index (Phi) is 3.53. The van der Waals surface area contributed by atoms with Crippen molar-refractivity contribution in [3.63, 3.8) is 0 Å². The highest BCUT2D eigenvalue weighted by molar-refractivity contribution is 5.87. The van der Waals surface area contributed by atoms with Gasteiger partial charge in [0.2, 0.25) is 11.7 Å². The van der Waals surface area contributed by atoms with Gasteiger partial charge in [-0.1, -0.05) is 38.1 Å². The van der Waals surface area contributed by atoms with Crippen molar-refractivity contribution in [2.45, 2.75) is 39.0 Å². The van der Waals surface area contributed by atoms with Gasteiger partial charge in [0.25, 0.3) is 0 Å². The van der Waals surface area contributed by atoms with E-state index in [0.717, 1.165) is 6.42 Å². The largest absolute Gasteiger partial charge is 0.460 e. The van der Waals surface area contributed by atoms with Crippen LogP contribution in [0.5, 0.6) is 0 Å². The first-order valence-electron chi connectivity index (χ1n) is 7.37. The number of rotatable bonds is 4. The summed E-state index contributed by atoms with van der Waals surface area (Å²) in [6.07, 6.45) is 0.913. The van der Waals surface area contributed by atoms with Crippen LogP contribution in [0.15, 0.2) is 28.7 Å². The van der Waals surface area contributed by atoms with Gasteiger partial charge in [-0.15, -0.1) is 0 Å². The van der Waals surface area contributed by atoms with E-state index in [1.807, 2.05) is 26.0 Å². The van der Waals surface area contributed by atoms with Crippen LogP contribution >= 0.6 is 0 Å². The van der Waals surface area contributed by atoms with Crippen LogP contribution < -0.4 is 0 Å². The van der Waals surface area contributed by atoms with Gasteiger partial charge in [0, 0.05) is 0 Å². The molecule has 4 nitrogen and oxygen atoms in total. The molecule has 1 aliphatic rings. The standard InChI is InChI=1S/C17H19NO3/c1-4-20-17(19)15-14(10(2)3)18-16(21-15)13-9-11-7-5-6-8-12(11)13/h5-8,10,13H,4,9H2,1-3H3. The van der Waals surface area contributed by atoms with E-state index in [9.17, 15) is 4.79 Å². The van der Waals surface area contributed by atoms with Gasteiger partial charge in [0.15, 0.2) is 0 Å². The molecule has 0 saturated carbocycles. The summed E-state index contributed by atoms with van der Waals surface area (Å²) in [7, 11) is 0. The van der Waals surface area contributed by atoms with Crippen LogP contribution in [0.4, 0.5) is 0 Å². The zero-order valence-corrected chi connectivity index (χ0v) is 12.6. The van der Waals surface area contributed by atoms with E-state index in [-0.39, 0.29) is 17.6 Å². The average molecular weight is 285 g/mol. The molecule has 0 amide bonds. The summed E-state index contributed by atoms with van der Waals surface area (Å²) in [4.78, 5) is 16.6. The number of carbonyl (C=O) groups is 1. The van der Waals surface area contributed by atoms with E-state index >= 15 is 0 Å². The van der Waals surface area contributed by atoms with Gasteiger partial charge in [-0.3, -0.25) is 0 Å². The smallest absolute Gasteiger partial charge is 0.376 e. The maximum absolute atomic E-state index is 12.0. The quantitative estimate of drug-likeness (QED) is 0.804. The normalized spacial score (nSPS) is 16.5. The first-order valence-corrected chi connectivity index (χ1v) is 7.37. The first kappa shape index (κ1) is 13.9. The topological polar surface area (TPSA) is 52.3 Å². The van der Waals surface area contributed by atoms with Crippen molar-refractivity contribution in [1.29, 1.82) is 0 Å². The SMILES string of the molecule is CCOC(=O)c1oc(C2Cc3ccccc32)nc1C(C)C. The number of ether oxygens (including phenoxy) is 1. The molecule has 1 aromatic carbocycles. The molecule has 1 heterocycles. The molecule has 2 aromatic rings. The Morgan fingerprint density at radius 1 is 1.43 bits per heavy atom. The van der Waals surface area contributed by atoms with E-state index in [1.54, 1.807) is 6.92 Å². The predicted molar refractivity (Wildman–Crippen MR) is 78.5 cm³/mol. The highest BCUT2D eigenvalue weighted by atomic mass is 16.5. The number of benzene rings is 1. The van der Waals surface area contributed by atoms with Crippen LogP contribution in [-0.2, 0) is 11.2 Å². The Balaban J connectivity index is 1.95. The van der Waals surface area contributed by atoms with Gasteiger partial charge in [-0.2, -0.15) is 0 Å². The lowest BCUT2D eigenvalue weighted by Crippen LogP contribution is -2.18. The minimum Gasteiger partial charge on any atom is -0.460 e. The Morgan fingerprint density at radius 2 is 2.19 bits per heavy atom. The fourth-order valence-electron chi connectivity index (χ4n) is 2.71. The van der Waals surface area contributed by atoms with Crippen LogP contribution in [0.2, 0.25) is 0 Å². The molecule has 0 radical (unpaired) electrons. The third-order valence-electron chi connectivity index (χ3n) is 3.83. The van der Waals surface area contributed by atoms with Crippen LogP contribution in [-0.4, -0.2) is 17.6 Å². The summed E-state index contributed by atoms with van der Waals surface area (Å²) >= 11 is 0. The molecule has 1 aliphatic carbocycles. The van der Waals surface area contributed by atoms with E-state index in [1.165, 1.54) is 11.1 Å². The molecular formula is C17H19NO3. The van der Waals surface area contributed by atoms with Crippen molar-refractivity contribution >= 4 is 5.97 Å². The number of esters is 1. The van der Waals surface area contributed by atoms with Gasteiger partial charge in [0.1, 0.15) is 0 Å². The van der Waals surface area contributed by atoms with Crippen molar-refractivity contribution in [1.82, 2.24) is 4.98 Å². The fraction of sp³-hybridized carbons (Fsp3) is 0.412. The predicted octanol–water partition coefficient (Wildman–Crippen LogP) is 3.66. The van der Waals surface area contributed by atoms with E-state index in [2.05, 4.69) is 17.1 Å². The summed E-state index contributed by atoms with van der Waals surface area (Å²) < 4.78 is 10.8. The molecule has 21 heavy (non-hydrogen) atoms. The number of nitrogens with zero attached hydrogens (tertiary/aromatic N) is 1. The molecule has 0 spiro atoms. The molecule has 0 bridgehead atoms. The lowest BCUT2D eigenvalue weighted by atomic mass is 9.77. The van der Waals surface area contributed by atoms with Crippen LogP contribution in [0.3, 0.4) is 0 Å². The second-order valence-corrected chi connectivity index (χ2v) is 5.60. The summed E-state index contributed by atoms with van der Waals surface area (Å²) in [5, 5.41) is 0. The minimum atomic E-state index is -0.424. The zero-order valence-electron chi connectivity index (χ0n) is 12.6. The van der Waals surface area contributed by atoms with Gasteiger partial charge in [-0.25, -0.2) is 9.78 Å². The van der Waals surface area contributed by atoms with Gasteiger partial charge >= 0.3 is 5.97 Å². The third kappa shape index (κ3) is 2.35. The summed E-state index contributed by atoms with van der Waals surface area (Å²) in [5.41, 5.74) is 3.25. The van der Waals surface area contributed by atoms with E-state index in [0.29, 0.717) is 18.2 Å². The van der Waals surface area contributed by atoms with Crippen molar-refractivity contribution in [3.8, 4) is 0 Å². The molecule has 0 saturated heterocycles. The highest BCUT2D eigenvalue weighted by Gasteiger charge is 2.34. The summed E-state index contributed by atoms with van der Waals surface area (Å²) in [6.45, 7) is 6.11. The maximum Gasteiger partial charge on any atom is 0.376 e. The van der Waals surface area contributed by atoms with Crippen molar-refractivity contribution in [2.24, 2.45) is 0 Å². The number of hydrogen-bond donors (Lipinski definition) is 0. The van der Waals surface area contributed by atoms with E-state index < -0.39 is 5.97 Å². The van der Waals surface area contributed by atoms with Crippen molar-refractivity contribution < 1.29 is 13.9 Å². The molecule has 110 valence electrons. The van der Waals surface area contributed by atoms with E-state index in [4.69, 9.17) is 9.15 Å². The van der Waals surface area contributed by atoms with Gasteiger partial charge in [-0.05, 0) is 30.4 Å². The summed E-state index contributed by atoms with van der Waals surface area (Å²) in [5.74, 6) is 0.735. The van der Waals surface area contributed by atoms with Crippen LogP contribution in [0.25, 0.3) is 0 Å². The maximum atomic E-state index is 12.0. The first-order chi connectivity index (χ1) is 10.1. The second kappa shape index (κ2) is 5.35. The van der Waals surface area contributed by atoms with Crippen LogP contribution in [0, 0.1) is 0 Å². The Morgan fingerprint density at radius 3 is 2.86 bits per heavy atom. The molecule has 0 N–H and O–H groups in total. The monoisotopic (exact) mass is 285 g/mol. The molecular weight excluding hydrogens is 266 g/mol.